The molecule has 1 saturated heterocycles. The largest absolute Gasteiger partial charge is 0.347 e. The van der Waals surface area contributed by atoms with Gasteiger partial charge in [0.1, 0.15) is 5.01 Å². The van der Waals surface area contributed by atoms with E-state index in [-0.39, 0.29) is 0 Å². The van der Waals surface area contributed by atoms with E-state index < -0.39 is 0 Å². The van der Waals surface area contributed by atoms with Crippen molar-refractivity contribution in [2.45, 2.75) is 38.6 Å². The molecule has 0 aliphatic carbocycles. The summed E-state index contributed by atoms with van der Waals surface area (Å²) in [7, 11) is 2.07. The lowest BCUT2D eigenvalue weighted by Crippen LogP contribution is -2.44. The summed E-state index contributed by atoms with van der Waals surface area (Å²) in [5.74, 6) is 1.23. The first-order chi connectivity index (χ1) is 11.0. The molecule has 3 heterocycles. The first-order valence-electron chi connectivity index (χ1n) is 7.83. The van der Waals surface area contributed by atoms with Crippen LogP contribution in [0.15, 0.2) is 16.9 Å². The van der Waals surface area contributed by atoms with Gasteiger partial charge in [-0.05, 0) is 28.8 Å². The molecule has 2 aromatic rings. The molecule has 2 aromatic heterocycles. The molecule has 0 radical (unpaired) electrons. The van der Waals surface area contributed by atoms with E-state index in [1.165, 1.54) is 0 Å². The van der Waals surface area contributed by atoms with Crippen LogP contribution in [-0.2, 0) is 0 Å². The molecule has 0 N–H and O–H groups in total. The molecule has 0 unspecified atom stereocenters. The van der Waals surface area contributed by atoms with Gasteiger partial charge in [-0.3, -0.25) is 0 Å². The van der Waals surface area contributed by atoms with E-state index in [1.807, 2.05) is 0 Å². The number of piperidine rings is 1. The lowest BCUT2D eigenvalue weighted by Gasteiger charge is -2.36. The van der Waals surface area contributed by atoms with Crippen LogP contribution < -0.4 is 9.80 Å². The second kappa shape index (κ2) is 7.09. The lowest BCUT2D eigenvalue weighted by atomic mass is 10.0. The fourth-order valence-electron chi connectivity index (χ4n) is 2.68. The van der Waals surface area contributed by atoms with E-state index in [4.69, 9.17) is 0 Å². The highest BCUT2D eigenvalue weighted by molar-refractivity contribution is 9.10. The van der Waals surface area contributed by atoms with Crippen molar-refractivity contribution in [1.29, 1.82) is 0 Å². The number of anilines is 2. The Balaban J connectivity index is 1.60. The van der Waals surface area contributed by atoms with Crippen LogP contribution in [0.3, 0.4) is 0 Å². The Kier molecular flexibility index (Phi) is 5.11. The van der Waals surface area contributed by atoms with E-state index in [0.717, 1.165) is 46.5 Å². The molecule has 6 nitrogen and oxygen atoms in total. The molecular weight excluding hydrogens is 376 g/mol. The van der Waals surface area contributed by atoms with Crippen molar-refractivity contribution in [3.05, 3.63) is 21.9 Å². The molecule has 0 saturated carbocycles. The van der Waals surface area contributed by atoms with E-state index in [1.54, 1.807) is 23.7 Å². The molecule has 23 heavy (non-hydrogen) atoms. The van der Waals surface area contributed by atoms with Gasteiger partial charge in [-0.1, -0.05) is 25.2 Å². The summed E-state index contributed by atoms with van der Waals surface area (Å²) < 4.78 is 0.904. The van der Waals surface area contributed by atoms with Crippen LogP contribution in [0.2, 0.25) is 0 Å². The first-order valence-corrected chi connectivity index (χ1v) is 9.44. The smallest absolute Gasteiger partial charge is 0.225 e. The maximum absolute atomic E-state index is 4.39. The van der Waals surface area contributed by atoms with Gasteiger partial charge in [0, 0.05) is 44.5 Å². The predicted molar refractivity (Wildman–Crippen MR) is 97.4 cm³/mol. The third-order valence-electron chi connectivity index (χ3n) is 4.13. The number of nitrogens with zero attached hydrogens (tertiary/aromatic N) is 6. The minimum absolute atomic E-state index is 0.444. The molecule has 0 bridgehead atoms. The summed E-state index contributed by atoms with van der Waals surface area (Å²) in [5.41, 5.74) is 0. The maximum Gasteiger partial charge on any atom is 0.225 e. The highest BCUT2D eigenvalue weighted by atomic mass is 79.9. The van der Waals surface area contributed by atoms with E-state index >= 15 is 0 Å². The Hall–Kier alpha value is -1.28. The van der Waals surface area contributed by atoms with E-state index in [9.17, 15) is 0 Å². The lowest BCUT2D eigenvalue weighted by molar-refractivity contribution is 0.476. The number of halogens is 1. The third-order valence-corrected chi connectivity index (χ3v) is 5.82. The van der Waals surface area contributed by atoms with E-state index in [2.05, 4.69) is 66.8 Å². The first kappa shape index (κ1) is 16.6. The topological polar surface area (TPSA) is 58.0 Å². The minimum Gasteiger partial charge on any atom is -0.347 e. The molecule has 8 heteroatoms. The molecule has 0 atom stereocenters. The van der Waals surface area contributed by atoms with Gasteiger partial charge in [-0.2, -0.15) is 0 Å². The fourth-order valence-corrected chi connectivity index (χ4v) is 3.79. The molecule has 124 valence electrons. The summed E-state index contributed by atoms with van der Waals surface area (Å²) in [6, 6.07) is 0.463. The fraction of sp³-hybridized carbons (Fsp3) is 0.600. The maximum atomic E-state index is 4.39. The SMILES string of the molecule is CC(C)c1nnc(N2CCC(N(C)c3ncc(Br)cn3)CC2)s1. The zero-order valence-electron chi connectivity index (χ0n) is 13.6. The van der Waals surface area contributed by atoms with Gasteiger partial charge < -0.3 is 9.80 Å². The Morgan fingerprint density at radius 2 is 1.87 bits per heavy atom. The minimum atomic E-state index is 0.444. The molecular formula is C15H21BrN6S. The number of rotatable bonds is 4. The Morgan fingerprint density at radius 3 is 2.43 bits per heavy atom. The number of hydrogen-bond acceptors (Lipinski definition) is 7. The van der Waals surface area contributed by atoms with Crippen molar-refractivity contribution in [2.24, 2.45) is 0 Å². The molecule has 1 fully saturated rings. The Morgan fingerprint density at radius 1 is 1.22 bits per heavy atom. The number of aromatic nitrogens is 4. The van der Waals surface area contributed by atoms with Crippen LogP contribution in [0, 0.1) is 0 Å². The molecule has 0 amide bonds. The van der Waals surface area contributed by atoms with Crippen LogP contribution in [0.1, 0.15) is 37.6 Å². The zero-order valence-corrected chi connectivity index (χ0v) is 16.0. The van der Waals surface area contributed by atoms with Gasteiger partial charge in [0.2, 0.25) is 11.1 Å². The summed E-state index contributed by atoms with van der Waals surface area (Å²) in [6.45, 7) is 6.31. The van der Waals surface area contributed by atoms with Crippen molar-refractivity contribution in [3.63, 3.8) is 0 Å². The molecule has 0 spiro atoms. The van der Waals surface area contributed by atoms with Gasteiger partial charge in [-0.25, -0.2) is 9.97 Å². The zero-order chi connectivity index (χ0) is 16.4. The van der Waals surface area contributed by atoms with Crippen molar-refractivity contribution in [3.8, 4) is 0 Å². The monoisotopic (exact) mass is 396 g/mol. The molecule has 3 rings (SSSR count). The summed E-state index contributed by atoms with van der Waals surface area (Å²) in [4.78, 5) is 13.3. The molecule has 0 aromatic carbocycles. The van der Waals surface area contributed by atoms with Crippen LogP contribution in [0.5, 0.6) is 0 Å². The van der Waals surface area contributed by atoms with Gasteiger partial charge in [-0.15, -0.1) is 10.2 Å². The highest BCUT2D eigenvalue weighted by Gasteiger charge is 2.25. The second-order valence-corrected chi connectivity index (χ2v) is 8.01. The Labute approximate surface area is 149 Å². The summed E-state index contributed by atoms with van der Waals surface area (Å²) in [6.07, 6.45) is 5.74. The standard InChI is InChI=1S/C15H21BrN6S/c1-10(2)13-19-20-15(23-13)22-6-4-12(5-7-22)21(3)14-17-8-11(16)9-18-14/h8-10,12H,4-7H2,1-3H3. The van der Waals surface area contributed by atoms with Crippen LogP contribution in [0.25, 0.3) is 0 Å². The third kappa shape index (κ3) is 3.80. The number of hydrogen-bond donors (Lipinski definition) is 0. The van der Waals surface area contributed by atoms with Gasteiger partial charge in [0.15, 0.2) is 0 Å². The quantitative estimate of drug-likeness (QED) is 0.789. The van der Waals surface area contributed by atoms with Crippen LogP contribution in [-0.4, -0.2) is 46.3 Å². The average Bonchev–Trinajstić information content (AvgIpc) is 3.05. The van der Waals surface area contributed by atoms with Crippen molar-refractivity contribution in [2.75, 3.05) is 29.9 Å². The van der Waals surface area contributed by atoms with Crippen LogP contribution in [0.4, 0.5) is 11.1 Å². The Bertz CT molecular complexity index is 636. The van der Waals surface area contributed by atoms with Gasteiger partial charge >= 0.3 is 0 Å². The summed E-state index contributed by atoms with van der Waals surface area (Å²) >= 11 is 5.09. The molecule has 1 aliphatic rings. The summed E-state index contributed by atoms with van der Waals surface area (Å²) in [5, 5.41) is 10.8. The predicted octanol–water partition coefficient (Wildman–Crippen LogP) is 3.32. The van der Waals surface area contributed by atoms with Crippen molar-refractivity contribution >= 4 is 38.3 Å². The average molecular weight is 397 g/mol. The second-order valence-electron chi connectivity index (χ2n) is 6.11. The van der Waals surface area contributed by atoms with Crippen LogP contribution >= 0.6 is 27.3 Å². The van der Waals surface area contributed by atoms with E-state index in [0.29, 0.717) is 12.0 Å². The molecule has 1 aliphatic heterocycles. The van der Waals surface area contributed by atoms with Crippen molar-refractivity contribution < 1.29 is 0 Å². The van der Waals surface area contributed by atoms with Gasteiger partial charge in [0.05, 0.1) is 4.47 Å². The normalized spacial score (nSPS) is 16.1. The highest BCUT2D eigenvalue weighted by Crippen LogP contribution is 2.29. The van der Waals surface area contributed by atoms with Gasteiger partial charge in [0.25, 0.3) is 0 Å². The van der Waals surface area contributed by atoms with Crippen molar-refractivity contribution in [1.82, 2.24) is 20.2 Å².